The van der Waals surface area contributed by atoms with Gasteiger partial charge in [0.15, 0.2) is 0 Å². The van der Waals surface area contributed by atoms with Gasteiger partial charge in [0, 0.05) is 10.8 Å². The summed E-state index contributed by atoms with van der Waals surface area (Å²) in [6, 6.07) is -9.24. The number of para-hydroxylation sites is 1. The number of hydrogen-bond acceptors (Lipinski definition) is 1. The predicted molar refractivity (Wildman–Crippen MR) is 208 cm³/mol. The highest BCUT2D eigenvalue weighted by Crippen LogP contribution is 2.47. The summed E-state index contributed by atoms with van der Waals surface area (Å²) in [6.07, 6.45) is 0. The van der Waals surface area contributed by atoms with Gasteiger partial charge in [0.1, 0.15) is 11.2 Å². The van der Waals surface area contributed by atoms with E-state index in [1.807, 2.05) is 0 Å². The highest BCUT2D eigenvalue weighted by atomic mass is 16.3. The summed E-state index contributed by atoms with van der Waals surface area (Å²) in [5, 5.41) is -1.76. The van der Waals surface area contributed by atoms with Gasteiger partial charge in [-0.05, 0) is 101 Å². The first kappa shape index (κ1) is 12.9. The third kappa shape index (κ3) is 4.40. The molecule has 10 aromatic rings. The zero-order valence-electron chi connectivity index (χ0n) is 48.9. The maximum absolute atomic E-state index is 9.66. The van der Waals surface area contributed by atoms with Crippen molar-refractivity contribution in [2.45, 2.75) is 0 Å². The molecule has 228 valence electrons. The second kappa shape index (κ2) is 11.1. The van der Waals surface area contributed by atoms with Crippen molar-refractivity contribution in [1.82, 2.24) is 0 Å². The Labute approximate surface area is 318 Å². The maximum atomic E-state index is 9.66. The van der Waals surface area contributed by atoms with E-state index < -0.39 is 189 Å². The highest BCUT2D eigenvalue weighted by Gasteiger charge is 2.19. The Morgan fingerprint density at radius 1 is 0.327 bits per heavy atom. The lowest BCUT2D eigenvalue weighted by molar-refractivity contribution is 0.669. The van der Waals surface area contributed by atoms with Crippen LogP contribution in [0.15, 0.2) is 186 Å². The Balaban J connectivity index is 1.41. The van der Waals surface area contributed by atoms with Crippen molar-refractivity contribution >= 4 is 54.3 Å². The van der Waals surface area contributed by atoms with Gasteiger partial charge < -0.3 is 4.42 Å². The molecule has 10 rings (SSSR count). The SMILES string of the molecule is [2H]c1c([2H])c([2H])c(-c2c([2H])c([2H])c([2H])c(-c3c4c([2H])c([2H])c([2H])c([2H])c4c(-c4ccc(-c5c([2H])c([2H])c6oc7c([2H])c([2H])c([2H])c([2H])c7c6c5[2H])c5ccccc45)c4c([2H])c([2H])c([2H])c([2H])c34)c2[2H])c([2H])c1[2H]. The Kier molecular flexibility index (Phi) is 2.91. The summed E-state index contributed by atoms with van der Waals surface area (Å²) in [4.78, 5) is 0. The minimum Gasteiger partial charge on any atom is -0.456 e. The van der Waals surface area contributed by atoms with Gasteiger partial charge in [0.05, 0.1) is 32.9 Å². The standard InChI is InChI=1S/C48H30O/c1-2-13-31(14-3-1)32-15-12-16-34(29-32)47-39-20-6-8-22-41(39)48(42-23-9-7-21-40(42)47)43-27-26-35(36-17-4-5-18-37(36)43)33-25-28-46-44(30-33)38-19-10-11-24-45(38)49-46/h1-30H/i1D,2D,3D,6D,7D,8D,9D,10D,11D,12D,13D,14D,15D,16D,19D,20D,21D,22D,23D,24D,25D,28D,29D,30D. The van der Waals surface area contributed by atoms with Crippen LogP contribution in [0.5, 0.6) is 0 Å². The van der Waals surface area contributed by atoms with Crippen molar-refractivity contribution in [3.63, 3.8) is 0 Å². The molecule has 1 aromatic heterocycles. The Morgan fingerprint density at radius 3 is 1.61 bits per heavy atom. The van der Waals surface area contributed by atoms with Crippen LogP contribution in [0, 0.1) is 0 Å². The van der Waals surface area contributed by atoms with Crippen LogP contribution in [0.3, 0.4) is 0 Å². The largest absolute Gasteiger partial charge is 0.456 e. The fourth-order valence-corrected chi connectivity index (χ4v) is 6.29. The third-order valence-corrected chi connectivity index (χ3v) is 8.35. The molecule has 0 aliphatic carbocycles. The Hall–Kier alpha value is -6.44. The summed E-state index contributed by atoms with van der Waals surface area (Å²) in [5.41, 5.74) is -3.59. The lowest BCUT2D eigenvalue weighted by Crippen LogP contribution is -1.92. The fraction of sp³-hybridized carbons (Fsp3) is 0. The summed E-state index contributed by atoms with van der Waals surface area (Å²) in [5.74, 6) is 0. The monoisotopic (exact) mass is 646 g/mol. The normalized spacial score (nSPS) is 18.5. The van der Waals surface area contributed by atoms with Crippen LogP contribution in [-0.2, 0) is 0 Å². The minimum atomic E-state index is -0.957. The first-order chi connectivity index (χ1) is 34.3. The molecule has 0 aliphatic rings. The average Bonchev–Trinajstić information content (AvgIpc) is 3.79. The number of furan rings is 1. The predicted octanol–water partition coefficient (Wildman–Crippen LogP) is 13.7. The molecule has 49 heavy (non-hydrogen) atoms. The molecule has 0 radical (unpaired) electrons. The van der Waals surface area contributed by atoms with Gasteiger partial charge in [0.25, 0.3) is 0 Å². The van der Waals surface area contributed by atoms with Gasteiger partial charge in [-0.2, -0.15) is 0 Å². The van der Waals surface area contributed by atoms with Gasteiger partial charge in [-0.25, -0.2) is 0 Å². The Morgan fingerprint density at radius 2 is 0.878 bits per heavy atom. The fourth-order valence-electron chi connectivity index (χ4n) is 6.29. The molecule has 0 bridgehead atoms. The van der Waals surface area contributed by atoms with Crippen LogP contribution in [0.4, 0.5) is 0 Å². The van der Waals surface area contributed by atoms with Gasteiger partial charge in [-0.3, -0.25) is 0 Å². The maximum Gasteiger partial charge on any atom is 0.135 e. The second-order valence-corrected chi connectivity index (χ2v) is 11.0. The number of benzene rings is 9. The zero-order chi connectivity index (χ0) is 53.2. The van der Waals surface area contributed by atoms with Crippen LogP contribution in [-0.4, -0.2) is 0 Å². The van der Waals surface area contributed by atoms with Crippen LogP contribution in [0.1, 0.15) is 32.9 Å². The van der Waals surface area contributed by atoms with E-state index in [1.54, 1.807) is 24.3 Å². The molecule has 1 heterocycles. The molecule has 1 heteroatoms. The molecule has 0 unspecified atom stereocenters. The van der Waals surface area contributed by atoms with Crippen LogP contribution < -0.4 is 0 Å². The average molecular weight is 647 g/mol. The summed E-state index contributed by atoms with van der Waals surface area (Å²) in [7, 11) is 0. The molecule has 0 amide bonds. The number of rotatable bonds is 4. The molecular weight excluding hydrogens is 593 g/mol. The molecule has 0 fully saturated rings. The summed E-state index contributed by atoms with van der Waals surface area (Å²) in [6.45, 7) is 0. The van der Waals surface area contributed by atoms with Gasteiger partial charge in [0.2, 0.25) is 0 Å². The molecule has 0 saturated heterocycles. The molecule has 0 atom stereocenters. The molecule has 0 aliphatic heterocycles. The zero-order valence-corrected chi connectivity index (χ0v) is 24.9. The van der Waals surface area contributed by atoms with Crippen LogP contribution in [0.2, 0.25) is 0 Å². The van der Waals surface area contributed by atoms with Crippen molar-refractivity contribution < 1.29 is 37.3 Å². The first-order valence-corrected chi connectivity index (χ1v) is 14.9. The molecule has 0 N–H and O–H groups in total. The summed E-state index contributed by atoms with van der Waals surface area (Å²) < 4.78 is 220. The summed E-state index contributed by atoms with van der Waals surface area (Å²) >= 11 is 0. The lowest BCUT2D eigenvalue weighted by Gasteiger charge is -2.20. The van der Waals surface area contributed by atoms with Crippen molar-refractivity contribution in [2.24, 2.45) is 0 Å². The van der Waals surface area contributed by atoms with E-state index >= 15 is 0 Å². The van der Waals surface area contributed by atoms with E-state index in [0.29, 0.717) is 0 Å². The van der Waals surface area contributed by atoms with Crippen molar-refractivity contribution in [2.75, 3.05) is 0 Å². The van der Waals surface area contributed by atoms with E-state index in [2.05, 4.69) is 0 Å². The van der Waals surface area contributed by atoms with Crippen molar-refractivity contribution in [1.29, 1.82) is 0 Å². The first-order valence-electron chi connectivity index (χ1n) is 26.9. The van der Waals surface area contributed by atoms with E-state index in [0.717, 1.165) is 0 Å². The van der Waals surface area contributed by atoms with Crippen molar-refractivity contribution in [3.8, 4) is 44.5 Å². The second-order valence-electron chi connectivity index (χ2n) is 11.0. The van der Waals surface area contributed by atoms with Gasteiger partial charge in [-0.1, -0.05) is 157 Å². The van der Waals surface area contributed by atoms with Gasteiger partial charge >= 0.3 is 0 Å². The van der Waals surface area contributed by atoms with E-state index in [-0.39, 0.29) is 55.0 Å². The van der Waals surface area contributed by atoms with E-state index in [4.69, 9.17) is 26.3 Å². The Bertz CT molecular complexity index is 4140. The van der Waals surface area contributed by atoms with Gasteiger partial charge in [-0.15, -0.1) is 0 Å². The molecule has 1 nitrogen and oxygen atoms in total. The van der Waals surface area contributed by atoms with E-state index in [9.17, 15) is 11.0 Å². The third-order valence-electron chi connectivity index (χ3n) is 8.35. The van der Waals surface area contributed by atoms with E-state index in [1.165, 1.54) is 12.1 Å². The smallest absolute Gasteiger partial charge is 0.135 e. The van der Waals surface area contributed by atoms with Crippen LogP contribution >= 0.6 is 0 Å². The molecule has 0 saturated carbocycles. The lowest BCUT2D eigenvalue weighted by atomic mass is 9.83. The number of fused-ring (bicyclic) bond motifs is 6. The topological polar surface area (TPSA) is 13.1 Å². The van der Waals surface area contributed by atoms with Crippen molar-refractivity contribution in [3.05, 3.63) is 181 Å². The highest BCUT2D eigenvalue weighted by molar-refractivity contribution is 6.24. The minimum absolute atomic E-state index is 0.0590. The van der Waals surface area contributed by atoms with Crippen LogP contribution in [0.25, 0.3) is 98.8 Å². The molecular formula is C48H30O. The number of hydrogen-bond donors (Lipinski definition) is 0. The quantitative estimate of drug-likeness (QED) is 0.173. The molecule has 0 spiro atoms. The molecule has 9 aromatic carbocycles.